The lowest BCUT2D eigenvalue weighted by molar-refractivity contribution is -0.136. The minimum Gasteiger partial charge on any atom is -0.399 e. The molecule has 7 heteroatoms. The standard InChI is InChI=1S/C13H14F3N3O/c1-19(5-4-13(14,15)16)12(20)10-7-18-11-6-8(17)2-3-9(10)11/h2-3,6-7,18H,4-5,17H2,1H3. The first-order chi connectivity index (χ1) is 9.28. The van der Waals surface area contributed by atoms with Crippen molar-refractivity contribution in [2.45, 2.75) is 12.6 Å². The number of aromatic nitrogens is 1. The molecular formula is C13H14F3N3O. The summed E-state index contributed by atoms with van der Waals surface area (Å²) in [5, 5.41) is 0.642. The minimum absolute atomic E-state index is 0.338. The first kappa shape index (κ1) is 14.2. The van der Waals surface area contributed by atoms with Crippen molar-refractivity contribution in [3.63, 3.8) is 0 Å². The quantitative estimate of drug-likeness (QED) is 0.852. The van der Waals surface area contributed by atoms with E-state index in [-0.39, 0.29) is 6.54 Å². The fourth-order valence-electron chi connectivity index (χ4n) is 1.92. The number of benzene rings is 1. The summed E-state index contributed by atoms with van der Waals surface area (Å²) in [5.41, 5.74) is 7.19. The SMILES string of the molecule is CN(CCC(F)(F)F)C(=O)c1c[nH]c2cc(N)ccc12. The number of fused-ring (bicyclic) bond motifs is 1. The van der Waals surface area contributed by atoms with E-state index in [1.54, 1.807) is 18.2 Å². The van der Waals surface area contributed by atoms with Gasteiger partial charge in [0.15, 0.2) is 0 Å². The van der Waals surface area contributed by atoms with Crippen molar-refractivity contribution in [2.24, 2.45) is 0 Å². The Morgan fingerprint density at radius 1 is 1.40 bits per heavy atom. The highest BCUT2D eigenvalue weighted by atomic mass is 19.4. The van der Waals surface area contributed by atoms with E-state index >= 15 is 0 Å². The predicted molar refractivity (Wildman–Crippen MR) is 70.3 cm³/mol. The molecule has 0 saturated carbocycles. The van der Waals surface area contributed by atoms with Gasteiger partial charge in [-0.15, -0.1) is 0 Å². The maximum atomic E-state index is 12.2. The Bertz CT molecular complexity index is 633. The Labute approximate surface area is 113 Å². The van der Waals surface area contributed by atoms with Gasteiger partial charge in [0, 0.05) is 36.4 Å². The van der Waals surface area contributed by atoms with Gasteiger partial charge < -0.3 is 15.6 Å². The summed E-state index contributed by atoms with van der Waals surface area (Å²) in [6, 6.07) is 4.98. The zero-order chi connectivity index (χ0) is 14.9. The highest BCUT2D eigenvalue weighted by molar-refractivity contribution is 6.07. The van der Waals surface area contributed by atoms with Crippen LogP contribution in [-0.2, 0) is 0 Å². The second-order valence-electron chi connectivity index (χ2n) is 4.60. The topological polar surface area (TPSA) is 62.1 Å². The lowest BCUT2D eigenvalue weighted by atomic mass is 10.1. The van der Waals surface area contributed by atoms with Gasteiger partial charge in [-0.05, 0) is 18.2 Å². The Morgan fingerprint density at radius 2 is 2.10 bits per heavy atom. The third kappa shape index (κ3) is 3.04. The largest absolute Gasteiger partial charge is 0.399 e. The van der Waals surface area contributed by atoms with Crippen LogP contribution in [0.5, 0.6) is 0 Å². The average Bonchev–Trinajstić information content (AvgIpc) is 2.76. The molecule has 2 rings (SSSR count). The maximum Gasteiger partial charge on any atom is 0.390 e. The smallest absolute Gasteiger partial charge is 0.390 e. The maximum absolute atomic E-state index is 12.2. The Morgan fingerprint density at radius 3 is 2.75 bits per heavy atom. The van der Waals surface area contributed by atoms with E-state index in [9.17, 15) is 18.0 Å². The van der Waals surface area contributed by atoms with E-state index in [4.69, 9.17) is 5.73 Å². The average molecular weight is 285 g/mol. The molecule has 1 aromatic carbocycles. The zero-order valence-electron chi connectivity index (χ0n) is 10.8. The van der Waals surface area contributed by atoms with Crippen LogP contribution in [-0.4, -0.2) is 35.6 Å². The molecule has 0 atom stereocenters. The van der Waals surface area contributed by atoms with Gasteiger partial charge in [0.1, 0.15) is 0 Å². The number of anilines is 1. The van der Waals surface area contributed by atoms with Crippen molar-refractivity contribution in [2.75, 3.05) is 19.3 Å². The van der Waals surface area contributed by atoms with Crippen molar-refractivity contribution in [1.82, 2.24) is 9.88 Å². The molecule has 1 aromatic heterocycles. The summed E-state index contributed by atoms with van der Waals surface area (Å²) in [6.45, 7) is -0.371. The summed E-state index contributed by atoms with van der Waals surface area (Å²) < 4.78 is 36.5. The van der Waals surface area contributed by atoms with Crippen LogP contribution in [0.2, 0.25) is 0 Å². The molecule has 0 aliphatic carbocycles. The molecule has 0 fully saturated rings. The summed E-state index contributed by atoms with van der Waals surface area (Å²) in [6.07, 6.45) is -3.82. The third-order valence-corrected chi connectivity index (χ3v) is 3.01. The molecule has 1 heterocycles. The number of aromatic amines is 1. The lowest BCUT2D eigenvalue weighted by Crippen LogP contribution is -2.30. The molecule has 108 valence electrons. The number of nitrogen functional groups attached to an aromatic ring is 1. The van der Waals surface area contributed by atoms with E-state index < -0.39 is 18.5 Å². The van der Waals surface area contributed by atoms with Crippen LogP contribution in [0.3, 0.4) is 0 Å². The van der Waals surface area contributed by atoms with Gasteiger partial charge in [0.25, 0.3) is 5.91 Å². The highest BCUT2D eigenvalue weighted by Crippen LogP contribution is 2.23. The second-order valence-corrected chi connectivity index (χ2v) is 4.60. The van der Waals surface area contributed by atoms with Crippen molar-refractivity contribution < 1.29 is 18.0 Å². The van der Waals surface area contributed by atoms with E-state index in [0.717, 1.165) is 4.90 Å². The molecule has 0 spiro atoms. The van der Waals surface area contributed by atoms with Crippen molar-refractivity contribution >= 4 is 22.5 Å². The first-order valence-corrected chi connectivity index (χ1v) is 5.97. The second kappa shape index (κ2) is 5.07. The van der Waals surface area contributed by atoms with Crippen molar-refractivity contribution in [3.05, 3.63) is 30.0 Å². The zero-order valence-corrected chi connectivity index (χ0v) is 10.8. The summed E-state index contributed by atoms with van der Waals surface area (Å²) in [4.78, 5) is 16.1. The predicted octanol–water partition coefficient (Wildman–Crippen LogP) is 2.77. The number of halogens is 3. The van der Waals surface area contributed by atoms with Crippen LogP contribution in [0, 0.1) is 0 Å². The summed E-state index contributed by atoms with van der Waals surface area (Å²) in [5.74, 6) is -0.453. The molecule has 2 aromatic rings. The van der Waals surface area contributed by atoms with Crippen LogP contribution < -0.4 is 5.73 Å². The number of nitrogens with zero attached hydrogens (tertiary/aromatic N) is 1. The molecule has 20 heavy (non-hydrogen) atoms. The number of hydrogen-bond donors (Lipinski definition) is 2. The monoisotopic (exact) mass is 285 g/mol. The normalized spacial score (nSPS) is 11.8. The third-order valence-electron chi connectivity index (χ3n) is 3.01. The number of amides is 1. The summed E-state index contributed by atoms with van der Waals surface area (Å²) >= 11 is 0. The van der Waals surface area contributed by atoms with E-state index in [2.05, 4.69) is 4.98 Å². The Hall–Kier alpha value is -2.18. The minimum atomic E-state index is -4.27. The van der Waals surface area contributed by atoms with Gasteiger partial charge in [0.2, 0.25) is 0 Å². The van der Waals surface area contributed by atoms with Gasteiger partial charge >= 0.3 is 6.18 Å². The number of carbonyl (C=O) groups is 1. The van der Waals surface area contributed by atoms with Gasteiger partial charge in [-0.3, -0.25) is 4.79 Å². The highest BCUT2D eigenvalue weighted by Gasteiger charge is 2.28. The van der Waals surface area contributed by atoms with Crippen LogP contribution in [0.4, 0.5) is 18.9 Å². The van der Waals surface area contributed by atoms with E-state index in [1.165, 1.54) is 13.2 Å². The van der Waals surface area contributed by atoms with Crippen molar-refractivity contribution in [3.8, 4) is 0 Å². The molecule has 0 radical (unpaired) electrons. The molecule has 0 aliphatic rings. The van der Waals surface area contributed by atoms with Gasteiger partial charge in [-0.25, -0.2) is 0 Å². The Balaban J connectivity index is 2.19. The number of hydrogen-bond acceptors (Lipinski definition) is 2. The van der Waals surface area contributed by atoms with E-state index in [1.807, 2.05) is 0 Å². The molecule has 4 nitrogen and oxygen atoms in total. The number of rotatable bonds is 3. The number of alkyl halides is 3. The summed E-state index contributed by atoms with van der Waals surface area (Å²) in [7, 11) is 1.35. The molecule has 0 aliphatic heterocycles. The van der Waals surface area contributed by atoms with Crippen molar-refractivity contribution in [1.29, 1.82) is 0 Å². The van der Waals surface area contributed by atoms with Gasteiger partial charge in [-0.1, -0.05) is 0 Å². The molecule has 1 amide bonds. The van der Waals surface area contributed by atoms with Crippen LogP contribution in [0.1, 0.15) is 16.8 Å². The van der Waals surface area contributed by atoms with Crippen LogP contribution in [0.25, 0.3) is 10.9 Å². The van der Waals surface area contributed by atoms with Crippen LogP contribution >= 0.6 is 0 Å². The molecule has 0 unspecified atom stereocenters. The van der Waals surface area contributed by atoms with Gasteiger partial charge in [0.05, 0.1) is 12.0 Å². The molecule has 0 bridgehead atoms. The lowest BCUT2D eigenvalue weighted by Gasteiger charge is -2.17. The van der Waals surface area contributed by atoms with E-state index in [0.29, 0.717) is 22.2 Å². The first-order valence-electron chi connectivity index (χ1n) is 5.97. The molecular weight excluding hydrogens is 271 g/mol. The Kier molecular flexibility index (Phi) is 3.61. The number of nitrogens with one attached hydrogen (secondary N) is 1. The molecule has 3 N–H and O–H groups in total. The fourth-order valence-corrected chi connectivity index (χ4v) is 1.92. The fraction of sp³-hybridized carbons (Fsp3) is 0.308. The van der Waals surface area contributed by atoms with Gasteiger partial charge in [-0.2, -0.15) is 13.2 Å². The number of nitrogens with two attached hydrogens (primary N) is 1. The number of carbonyl (C=O) groups excluding carboxylic acids is 1. The molecule has 0 saturated heterocycles. The number of H-pyrrole nitrogens is 1. The van der Waals surface area contributed by atoms with Crippen LogP contribution in [0.15, 0.2) is 24.4 Å².